The van der Waals surface area contributed by atoms with Gasteiger partial charge in [0.1, 0.15) is 0 Å². The molecule has 0 spiro atoms. The second-order valence-electron chi connectivity index (χ2n) is 3.80. The maximum absolute atomic E-state index is 8.86. The summed E-state index contributed by atoms with van der Waals surface area (Å²) in [4.78, 5) is 0. The highest BCUT2D eigenvalue weighted by atomic mass is 14.8. The van der Waals surface area contributed by atoms with Gasteiger partial charge in [-0.05, 0) is 37.1 Å². The molecule has 0 unspecified atom stereocenters. The number of nitrogens with one attached hydrogen (secondary N) is 1. The molecule has 0 radical (unpaired) electrons. The molecule has 18 heavy (non-hydrogen) atoms. The van der Waals surface area contributed by atoms with Crippen LogP contribution in [0.2, 0.25) is 0 Å². The zero-order valence-electron chi connectivity index (χ0n) is 11.9. The molecule has 0 aliphatic carbocycles. The van der Waals surface area contributed by atoms with Gasteiger partial charge in [-0.3, -0.25) is 0 Å². The molecule has 0 aliphatic heterocycles. The molecule has 0 aromatic heterocycles. The van der Waals surface area contributed by atoms with Crippen LogP contribution in [0.5, 0.6) is 0 Å². The van der Waals surface area contributed by atoms with E-state index in [1.807, 2.05) is 51.4 Å². The van der Waals surface area contributed by atoms with Gasteiger partial charge in [-0.25, -0.2) is 0 Å². The molecule has 1 rings (SSSR count). The third kappa shape index (κ3) is 5.36. The molecule has 0 saturated carbocycles. The van der Waals surface area contributed by atoms with Crippen LogP contribution < -0.4 is 5.32 Å². The minimum Gasteiger partial charge on any atom is -0.393 e. The van der Waals surface area contributed by atoms with Crippen LogP contribution in [-0.2, 0) is 0 Å². The van der Waals surface area contributed by atoms with E-state index in [0.29, 0.717) is 5.56 Å². The third-order valence-electron chi connectivity index (χ3n) is 2.07. The van der Waals surface area contributed by atoms with Gasteiger partial charge in [0.15, 0.2) is 0 Å². The highest BCUT2D eigenvalue weighted by Crippen LogP contribution is 2.18. The third-order valence-corrected chi connectivity index (χ3v) is 2.07. The second kappa shape index (κ2) is 9.07. The fourth-order valence-corrected chi connectivity index (χ4v) is 1.44. The lowest BCUT2D eigenvalue weighted by Gasteiger charge is -2.04. The molecular weight excluding hydrogens is 220 g/mol. The van der Waals surface area contributed by atoms with Crippen LogP contribution in [0, 0.1) is 11.3 Å². The number of nitriles is 1. The fraction of sp³-hybridized carbons (Fsp3) is 0.312. The lowest BCUT2D eigenvalue weighted by atomic mass is 10.0. The van der Waals surface area contributed by atoms with Crippen molar-refractivity contribution in [2.45, 2.75) is 27.7 Å². The quantitative estimate of drug-likeness (QED) is 0.810. The van der Waals surface area contributed by atoms with Gasteiger partial charge in [-0.15, -0.1) is 0 Å². The summed E-state index contributed by atoms with van der Waals surface area (Å²) in [6, 6.07) is 9.75. The van der Waals surface area contributed by atoms with Gasteiger partial charge in [-0.1, -0.05) is 37.6 Å². The van der Waals surface area contributed by atoms with Gasteiger partial charge in [0.25, 0.3) is 0 Å². The summed E-state index contributed by atoms with van der Waals surface area (Å²) in [6.07, 6.45) is 4.02. The predicted octanol–water partition coefficient (Wildman–Crippen LogP) is 4.11. The Labute approximate surface area is 111 Å². The monoisotopic (exact) mass is 242 g/mol. The number of nitrogens with zero attached hydrogens (tertiary/aromatic N) is 1. The largest absolute Gasteiger partial charge is 0.393 e. The van der Waals surface area contributed by atoms with Crippen molar-refractivity contribution in [1.82, 2.24) is 5.32 Å². The average molecular weight is 242 g/mol. The first kappa shape index (κ1) is 16.0. The summed E-state index contributed by atoms with van der Waals surface area (Å²) in [7, 11) is 1.87. The average Bonchev–Trinajstić information content (AvgIpc) is 2.40. The molecule has 0 aliphatic rings. The van der Waals surface area contributed by atoms with Crippen molar-refractivity contribution in [3.8, 4) is 6.07 Å². The van der Waals surface area contributed by atoms with Crippen molar-refractivity contribution < 1.29 is 0 Å². The van der Waals surface area contributed by atoms with E-state index >= 15 is 0 Å². The molecule has 1 aromatic rings. The topological polar surface area (TPSA) is 35.8 Å². The smallest absolute Gasteiger partial charge is 0.0991 e. The standard InChI is InChI=1S/C14H16N2.C2H6/c1-11(2)7-14(10-16-3)13-6-4-5-12(8-13)9-15;1-2/h4-8,10,16H,1-3H3;1-2H3/b14-10+;. The lowest BCUT2D eigenvalue weighted by Crippen LogP contribution is -1.95. The molecule has 96 valence electrons. The first-order chi connectivity index (χ1) is 8.67. The predicted molar refractivity (Wildman–Crippen MR) is 79.0 cm³/mol. The van der Waals surface area contributed by atoms with Gasteiger partial charge in [0.05, 0.1) is 11.6 Å². The van der Waals surface area contributed by atoms with Crippen molar-refractivity contribution in [2.75, 3.05) is 7.05 Å². The molecule has 0 amide bonds. The van der Waals surface area contributed by atoms with Gasteiger partial charge < -0.3 is 5.32 Å². The number of allylic oxidation sites excluding steroid dienone is 3. The van der Waals surface area contributed by atoms with E-state index in [0.717, 1.165) is 11.1 Å². The first-order valence-corrected chi connectivity index (χ1v) is 6.20. The Kier molecular flexibility index (Phi) is 8.05. The van der Waals surface area contributed by atoms with Crippen LogP contribution in [0.1, 0.15) is 38.8 Å². The number of benzene rings is 1. The Hall–Kier alpha value is -2.01. The Bertz CT molecular complexity index is 458. The Morgan fingerprint density at radius 3 is 2.44 bits per heavy atom. The molecule has 0 atom stereocenters. The van der Waals surface area contributed by atoms with Crippen LogP contribution >= 0.6 is 0 Å². The maximum Gasteiger partial charge on any atom is 0.0991 e. The number of hydrogen-bond donors (Lipinski definition) is 1. The molecule has 1 N–H and O–H groups in total. The van der Waals surface area contributed by atoms with Crippen molar-refractivity contribution >= 4 is 5.57 Å². The van der Waals surface area contributed by atoms with Gasteiger partial charge in [0, 0.05) is 13.2 Å². The highest BCUT2D eigenvalue weighted by molar-refractivity contribution is 5.74. The first-order valence-electron chi connectivity index (χ1n) is 6.20. The summed E-state index contributed by atoms with van der Waals surface area (Å²) >= 11 is 0. The van der Waals surface area contributed by atoms with Crippen LogP contribution in [0.3, 0.4) is 0 Å². The van der Waals surface area contributed by atoms with Gasteiger partial charge in [-0.2, -0.15) is 5.26 Å². The van der Waals surface area contributed by atoms with E-state index in [4.69, 9.17) is 5.26 Å². The summed E-state index contributed by atoms with van der Waals surface area (Å²) in [5, 5.41) is 11.9. The Morgan fingerprint density at radius 1 is 1.28 bits per heavy atom. The molecule has 2 nitrogen and oxygen atoms in total. The molecule has 0 heterocycles. The summed E-state index contributed by atoms with van der Waals surface area (Å²) < 4.78 is 0. The van der Waals surface area contributed by atoms with E-state index < -0.39 is 0 Å². The van der Waals surface area contributed by atoms with E-state index in [-0.39, 0.29) is 0 Å². The summed E-state index contributed by atoms with van der Waals surface area (Å²) in [6.45, 7) is 8.11. The van der Waals surface area contributed by atoms with E-state index in [1.165, 1.54) is 5.57 Å². The van der Waals surface area contributed by atoms with Crippen molar-refractivity contribution in [3.63, 3.8) is 0 Å². The van der Waals surface area contributed by atoms with Crippen molar-refractivity contribution in [3.05, 3.63) is 53.2 Å². The van der Waals surface area contributed by atoms with Crippen molar-refractivity contribution in [1.29, 1.82) is 5.26 Å². The summed E-state index contributed by atoms with van der Waals surface area (Å²) in [5.74, 6) is 0. The van der Waals surface area contributed by atoms with Crippen molar-refractivity contribution in [2.24, 2.45) is 0 Å². The minimum absolute atomic E-state index is 0.682. The SMILES string of the molecule is CC.CN/C=C(\C=C(C)C)c1cccc(C#N)c1. The van der Waals surface area contributed by atoms with Crippen LogP contribution in [0.4, 0.5) is 0 Å². The van der Waals surface area contributed by atoms with Crippen LogP contribution in [-0.4, -0.2) is 7.05 Å². The Balaban J connectivity index is 0.00000137. The maximum atomic E-state index is 8.86. The minimum atomic E-state index is 0.682. The fourth-order valence-electron chi connectivity index (χ4n) is 1.44. The normalized spacial score (nSPS) is 9.67. The highest BCUT2D eigenvalue weighted by Gasteiger charge is 1.99. The number of rotatable bonds is 3. The Morgan fingerprint density at radius 2 is 1.94 bits per heavy atom. The van der Waals surface area contributed by atoms with E-state index in [2.05, 4.69) is 31.3 Å². The lowest BCUT2D eigenvalue weighted by molar-refractivity contribution is 1.11. The van der Waals surface area contributed by atoms with Gasteiger partial charge in [0.2, 0.25) is 0 Å². The van der Waals surface area contributed by atoms with Crippen LogP contribution in [0.15, 0.2) is 42.1 Å². The molecule has 0 saturated heterocycles. The molecule has 1 aromatic carbocycles. The summed E-state index contributed by atoms with van der Waals surface area (Å²) in [5.41, 5.74) is 4.04. The zero-order valence-corrected chi connectivity index (χ0v) is 11.9. The zero-order chi connectivity index (χ0) is 14.0. The molecular formula is C16H22N2. The van der Waals surface area contributed by atoms with Crippen LogP contribution in [0.25, 0.3) is 5.57 Å². The molecule has 0 fully saturated rings. The van der Waals surface area contributed by atoms with E-state index in [9.17, 15) is 0 Å². The van der Waals surface area contributed by atoms with Gasteiger partial charge >= 0.3 is 0 Å². The molecule has 0 bridgehead atoms. The number of hydrogen-bond acceptors (Lipinski definition) is 2. The second-order valence-corrected chi connectivity index (χ2v) is 3.80. The van der Waals surface area contributed by atoms with E-state index in [1.54, 1.807) is 0 Å². The molecule has 2 heteroatoms.